The van der Waals surface area contributed by atoms with Crippen LogP contribution in [0.5, 0.6) is 0 Å². The Hall–Kier alpha value is -0.320. The Kier molecular flexibility index (Phi) is 111. The lowest BCUT2D eigenvalue weighted by molar-refractivity contribution is -0.929. The first-order chi connectivity index (χ1) is 55.9. The van der Waals surface area contributed by atoms with Crippen LogP contribution in [-0.4, -0.2) is 250 Å². The molecular weight excluding hydrogens is 1420 g/mol. The molecule has 0 rings (SSSR count). The van der Waals surface area contributed by atoms with E-state index in [9.17, 15) is 0 Å². The van der Waals surface area contributed by atoms with Crippen molar-refractivity contribution in [3.63, 3.8) is 0 Å². The monoisotopic (exact) mass is 1670 g/mol. The molecule has 718 valence electrons. The minimum absolute atomic E-state index is 1.09. The van der Waals surface area contributed by atoms with E-state index in [4.69, 9.17) is 0 Å². The van der Waals surface area contributed by atoms with E-state index < -0.39 is 0 Å². The van der Waals surface area contributed by atoms with Crippen LogP contribution in [0.15, 0.2) is 0 Å². The molecule has 0 radical (unpaired) electrons. The molecule has 0 aromatic carbocycles. The van der Waals surface area contributed by atoms with Crippen LogP contribution in [0.3, 0.4) is 0 Å². The second kappa shape index (κ2) is 97.9. The molecule has 0 saturated carbocycles. The van der Waals surface area contributed by atoms with Crippen LogP contribution >= 0.6 is 0 Å². The highest BCUT2D eigenvalue weighted by molar-refractivity contribution is 4.56. The fourth-order valence-corrected chi connectivity index (χ4v) is 16.7. The molecule has 8 heteroatoms. The number of rotatable bonds is 77. The standard InChI is InChI=1S/C25H54N.C19H42N.C16H36N.C15H34N.C13H30N.C8H20N.C7H18N.C6H16N/c1-5-8-11-14-17-20-23-26(4,24-21-18-15-12-9-6-2)25-22-19-16-13-10-7-3;1-5-9-13-14-15-19-20(16-10-6-2,17-11-7-3)18-12-8-4;1-5-9-13-17(14-10-6-2,15-11-7-3)16-12-8-4;1-5-6-7-8-9-10-11-12-13-14-15-16(2,3)4;1-5-8-11-14(4,12-9-6-2)13-10-7-3;1-5-9(6-2,7-3)8-4;1-5-8(4,6-2)7-3;1-5-6-7(2,3)4/h5-25H2,1-4H3;5-19H2,1-4H3;5-16H2,1-4H3;5-15H2,1-4H3;5-13H2,1-4H3;5-8H2,1-4H3;5-7H2,1-4H3;5-6H2,1-4H3/q8*+1. The molecular formula is C109H250N8+8. The highest BCUT2D eigenvalue weighted by Gasteiger charge is 2.27. The zero-order valence-electron chi connectivity index (χ0n) is 90.0. The van der Waals surface area contributed by atoms with E-state index in [1.54, 1.807) is 0 Å². The fourth-order valence-electron chi connectivity index (χ4n) is 16.7. The summed E-state index contributed by atoms with van der Waals surface area (Å²) in [6.45, 7) is 84.2. The van der Waals surface area contributed by atoms with Crippen LogP contribution in [0.4, 0.5) is 0 Å². The molecule has 0 unspecified atom stereocenters. The lowest BCUT2D eigenvalue weighted by atomic mass is 10.1. The minimum atomic E-state index is 1.09. The van der Waals surface area contributed by atoms with Crippen molar-refractivity contribution in [3.05, 3.63) is 0 Å². The lowest BCUT2D eigenvalue weighted by Crippen LogP contribution is -2.50. The summed E-state index contributed by atoms with van der Waals surface area (Å²) in [7, 11) is 20.8. The van der Waals surface area contributed by atoms with Crippen molar-refractivity contribution in [2.75, 3.05) is 214 Å². The Morgan fingerprint density at radius 3 is 0.385 bits per heavy atom. The summed E-state index contributed by atoms with van der Waals surface area (Å²) in [4.78, 5) is 0. The number of nitrogens with zero attached hydrogens (tertiary/aromatic N) is 8. The van der Waals surface area contributed by atoms with Gasteiger partial charge >= 0.3 is 0 Å². The molecule has 0 amide bonds. The second-order valence-electron chi connectivity index (χ2n) is 40.7. The predicted molar refractivity (Wildman–Crippen MR) is 547 cm³/mol. The average molecular weight is 1670 g/mol. The van der Waals surface area contributed by atoms with E-state index in [-0.39, 0.29) is 0 Å². The van der Waals surface area contributed by atoms with Gasteiger partial charge in [0.25, 0.3) is 0 Å². The van der Waals surface area contributed by atoms with Crippen molar-refractivity contribution in [3.8, 4) is 0 Å². The van der Waals surface area contributed by atoms with Gasteiger partial charge in [-0.25, -0.2) is 0 Å². The van der Waals surface area contributed by atoms with E-state index in [1.807, 2.05) is 0 Å². The van der Waals surface area contributed by atoms with Crippen molar-refractivity contribution >= 4 is 0 Å². The number of unbranched alkanes of at least 4 members (excludes halogenated alkanes) is 38. The maximum absolute atomic E-state index is 2.56. The fraction of sp³-hybridized carbons (Fsp3) is 1.00. The summed E-state index contributed by atoms with van der Waals surface area (Å²) in [5, 5.41) is 0. The van der Waals surface area contributed by atoms with Crippen LogP contribution in [0.25, 0.3) is 0 Å². The van der Waals surface area contributed by atoms with Gasteiger partial charge in [0.15, 0.2) is 0 Å². The smallest absolute Gasteiger partial charge is 0.0786 e. The molecule has 0 bridgehead atoms. The summed E-state index contributed by atoms with van der Waals surface area (Å²) in [6.07, 6.45) is 76.3. The van der Waals surface area contributed by atoms with Crippen molar-refractivity contribution in [1.29, 1.82) is 0 Å². The molecule has 0 N–H and O–H groups in total. The van der Waals surface area contributed by atoms with E-state index in [0.29, 0.717) is 0 Å². The number of hydrogen-bond acceptors (Lipinski definition) is 0. The van der Waals surface area contributed by atoms with Gasteiger partial charge < -0.3 is 35.9 Å². The molecule has 0 heterocycles. The summed E-state index contributed by atoms with van der Waals surface area (Å²) < 4.78 is 10.2. The lowest BCUT2D eigenvalue weighted by Gasteiger charge is -2.39. The topological polar surface area (TPSA) is 0 Å². The van der Waals surface area contributed by atoms with E-state index >= 15 is 0 Å². The summed E-state index contributed by atoms with van der Waals surface area (Å²) in [6, 6.07) is 0. The molecule has 0 saturated heterocycles. The third kappa shape index (κ3) is 99.3. The molecule has 8 nitrogen and oxygen atoms in total. The molecule has 0 aromatic heterocycles. The number of hydrogen-bond donors (Lipinski definition) is 0. The molecule has 0 aromatic rings. The summed E-state index contributed by atoms with van der Waals surface area (Å²) in [5.74, 6) is 0. The van der Waals surface area contributed by atoms with Crippen molar-refractivity contribution in [2.45, 2.75) is 506 Å². The van der Waals surface area contributed by atoms with Gasteiger partial charge in [-0.2, -0.15) is 0 Å². The van der Waals surface area contributed by atoms with Gasteiger partial charge in [0.1, 0.15) is 0 Å². The predicted octanol–water partition coefficient (Wildman–Crippen LogP) is 32.6. The molecule has 0 spiro atoms. The Morgan fingerprint density at radius 1 is 0.103 bits per heavy atom. The van der Waals surface area contributed by atoms with Crippen molar-refractivity contribution in [1.82, 2.24) is 0 Å². The van der Waals surface area contributed by atoms with Crippen LogP contribution in [0, 0.1) is 0 Å². The van der Waals surface area contributed by atoms with Gasteiger partial charge in [0, 0.05) is 0 Å². The highest BCUT2D eigenvalue weighted by atomic mass is 15.4. The first-order valence-corrected chi connectivity index (χ1v) is 54.6. The van der Waals surface area contributed by atoms with E-state index in [0.717, 1.165) is 8.97 Å². The minimum Gasteiger partial charge on any atom is -0.331 e. The molecule has 0 atom stereocenters. The van der Waals surface area contributed by atoms with Gasteiger partial charge in [0.05, 0.1) is 214 Å². The van der Waals surface area contributed by atoms with Crippen LogP contribution in [0.1, 0.15) is 506 Å². The van der Waals surface area contributed by atoms with E-state index in [2.05, 4.69) is 223 Å². The van der Waals surface area contributed by atoms with Gasteiger partial charge in [-0.15, -0.1) is 0 Å². The molecule has 0 aliphatic rings. The Bertz CT molecular complexity index is 1600. The zero-order valence-corrected chi connectivity index (χ0v) is 90.0. The largest absolute Gasteiger partial charge is 0.331 e. The van der Waals surface area contributed by atoms with Gasteiger partial charge in [-0.1, -0.05) is 323 Å². The molecule has 0 aliphatic heterocycles. The maximum Gasteiger partial charge on any atom is 0.0786 e. The SMILES string of the molecule is CCCCCCCCCCCC[N+](C)(C)C.CCCCCCCC[N+](C)(CCCCCCCC)CCCCCCCC.CCCCCCC[N+](CCCC)(CCCC)CCCC.CCCC[N+](C)(CCCC)CCCC.CCCC[N+](CCCC)(CCCC)CCCC.CCC[N+](C)(C)C.CC[N+](C)(CC)CC.CC[N+](CC)(CC)CC. The third-order valence-corrected chi connectivity index (χ3v) is 27.0. The van der Waals surface area contributed by atoms with Crippen molar-refractivity contribution in [2.24, 2.45) is 0 Å². The van der Waals surface area contributed by atoms with E-state index in [1.165, 1.54) is 524 Å². The number of quaternary nitrogens is 8. The average Bonchev–Trinajstić information content (AvgIpc) is 0.880. The molecule has 0 fully saturated rings. The van der Waals surface area contributed by atoms with Crippen LogP contribution in [-0.2, 0) is 0 Å². The van der Waals surface area contributed by atoms with Crippen LogP contribution < -0.4 is 0 Å². The van der Waals surface area contributed by atoms with Crippen molar-refractivity contribution < 1.29 is 35.9 Å². The Balaban J connectivity index is -0.000000200. The quantitative estimate of drug-likeness (QED) is 0.0421. The Morgan fingerprint density at radius 2 is 0.248 bits per heavy atom. The zero-order chi connectivity index (χ0) is 90.4. The second-order valence-corrected chi connectivity index (χ2v) is 40.7. The summed E-state index contributed by atoms with van der Waals surface area (Å²) >= 11 is 0. The normalized spacial score (nSPS) is 12.0. The third-order valence-electron chi connectivity index (χ3n) is 27.0. The van der Waals surface area contributed by atoms with Crippen LogP contribution in [0.2, 0.25) is 0 Å². The van der Waals surface area contributed by atoms with Gasteiger partial charge in [-0.3, -0.25) is 0 Å². The van der Waals surface area contributed by atoms with Gasteiger partial charge in [-0.05, 0) is 183 Å². The maximum atomic E-state index is 2.56. The summed E-state index contributed by atoms with van der Waals surface area (Å²) in [5.41, 5.74) is 0. The van der Waals surface area contributed by atoms with Gasteiger partial charge in [0.2, 0.25) is 0 Å². The Labute approximate surface area is 751 Å². The highest BCUT2D eigenvalue weighted by Crippen LogP contribution is 2.22. The first-order valence-electron chi connectivity index (χ1n) is 54.6. The first kappa shape index (κ1) is 132. The molecule has 0 aliphatic carbocycles. The molecule has 117 heavy (non-hydrogen) atoms.